The molecule has 1 heterocycles. The predicted octanol–water partition coefficient (Wildman–Crippen LogP) is 3.20. The van der Waals surface area contributed by atoms with E-state index < -0.39 is 5.97 Å². The number of nitrogens with one attached hydrogen (secondary N) is 1. The second-order valence-corrected chi connectivity index (χ2v) is 5.97. The molecule has 5 nitrogen and oxygen atoms in total. The van der Waals surface area contributed by atoms with Crippen molar-refractivity contribution in [1.82, 2.24) is 4.90 Å². The Hall–Kier alpha value is -2.04. The maximum Gasteiger partial charge on any atom is 0.337 e. The van der Waals surface area contributed by atoms with Gasteiger partial charge in [-0.1, -0.05) is 25.5 Å². The first-order valence-electron chi connectivity index (χ1n) is 7.28. The summed E-state index contributed by atoms with van der Waals surface area (Å²) in [6.45, 7) is 7.58. The summed E-state index contributed by atoms with van der Waals surface area (Å²) in [6.07, 6.45) is 0.980. The standard InChI is InChI=1S/C16H22N2O3/c1-10-4-5-14(13(8-10)15(19)20)17-16(21)18-7-6-11(2)12(3)9-18/h4-5,8,11-12H,6-7,9H2,1-3H3,(H,17,21)(H,19,20). The molecule has 2 atom stereocenters. The summed E-state index contributed by atoms with van der Waals surface area (Å²) < 4.78 is 0. The molecule has 0 radical (unpaired) electrons. The number of carbonyl (C=O) groups excluding carboxylic acids is 1. The van der Waals surface area contributed by atoms with E-state index in [1.165, 1.54) is 0 Å². The minimum absolute atomic E-state index is 0.127. The van der Waals surface area contributed by atoms with Crippen molar-refractivity contribution in [2.45, 2.75) is 27.2 Å². The highest BCUT2D eigenvalue weighted by Crippen LogP contribution is 2.24. The number of carbonyl (C=O) groups is 2. The number of likely N-dealkylation sites (tertiary alicyclic amines) is 1. The SMILES string of the molecule is Cc1ccc(NC(=O)N2CCC(C)C(C)C2)c(C(=O)O)c1. The molecule has 1 aromatic carbocycles. The van der Waals surface area contributed by atoms with E-state index in [9.17, 15) is 14.7 Å². The number of piperidine rings is 1. The molecule has 1 aromatic rings. The van der Waals surface area contributed by atoms with Gasteiger partial charge < -0.3 is 15.3 Å². The Bertz CT molecular complexity index is 556. The summed E-state index contributed by atoms with van der Waals surface area (Å²) in [6, 6.07) is 4.79. The monoisotopic (exact) mass is 290 g/mol. The third-order valence-electron chi connectivity index (χ3n) is 4.27. The average Bonchev–Trinajstić information content (AvgIpc) is 2.43. The molecule has 1 aliphatic rings. The van der Waals surface area contributed by atoms with Crippen molar-refractivity contribution in [1.29, 1.82) is 0 Å². The molecule has 2 N–H and O–H groups in total. The van der Waals surface area contributed by atoms with E-state index >= 15 is 0 Å². The van der Waals surface area contributed by atoms with Crippen LogP contribution in [0.2, 0.25) is 0 Å². The van der Waals surface area contributed by atoms with Gasteiger partial charge >= 0.3 is 12.0 Å². The lowest BCUT2D eigenvalue weighted by Gasteiger charge is -2.35. The molecule has 0 aromatic heterocycles. The fourth-order valence-corrected chi connectivity index (χ4v) is 2.59. The van der Waals surface area contributed by atoms with Crippen molar-refractivity contribution in [2.75, 3.05) is 18.4 Å². The van der Waals surface area contributed by atoms with E-state index in [2.05, 4.69) is 19.2 Å². The van der Waals surface area contributed by atoms with Gasteiger partial charge in [-0.2, -0.15) is 0 Å². The highest BCUT2D eigenvalue weighted by atomic mass is 16.4. The van der Waals surface area contributed by atoms with Crippen molar-refractivity contribution in [2.24, 2.45) is 11.8 Å². The van der Waals surface area contributed by atoms with Gasteiger partial charge in [-0.3, -0.25) is 0 Å². The molecule has 21 heavy (non-hydrogen) atoms. The minimum Gasteiger partial charge on any atom is -0.478 e. The molecule has 2 rings (SSSR count). The van der Waals surface area contributed by atoms with Gasteiger partial charge in [0.2, 0.25) is 0 Å². The topological polar surface area (TPSA) is 69.6 Å². The third-order valence-corrected chi connectivity index (χ3v) is 4.27. The zero-order valence-corrected chi connectivity index (χ0v) is 12.7. The molecule has 0 bridgehead atoms. The smallest absolute Gasteiger partial charge is 0.337 e. The number of anilines is 1. The second kappa shape index (κ2) is 6.16. The summed E-state index contributed by atoms with van der Waals surface area (Å²) in [5.74, 6) is 0.0408. The van der Waals surface area contributed by atoms with Crippen LogP contribution in [0.3, 0.4) is 0 Å². The van der Waals surface area contributed by atoms with Crippen molar-refractivity contribution in [3.63, 3.8) is 0 Å². The van der Waals surface area contributed by atoms with Gasteiger partial charge in [-0.25, -0.2) is 9.59 Å². The Morgan fingerprint density at radius 3 is 2.62 bits per heavy atom. The number of aromatic carboxylic acids is 1. The number of benzene rings is 1. The number of urea groups is 1. The van der Waals surface area contributed by atoms with Gasteiger partial charge in [-0.15, -0.1) is 0 Å². The normalized spacial score (nSPS) is 22.0. The van der Waals surface area contributed by atoms with E-state index in [-0.39, 0.29) is 11.6 Å². The van der Waals surface area contributed by atoms with Crippen LogP contribution in [0.4, 0.5) is 10.5 Å². The first-order chi connectivity index (χ1) is 9.88. The van der Waals surface area contributed by atoms with Gasteiger partial charge in [0.25, 0.3) is 0 Å². The number of amides is 2. The fourth-order valence-electron chi connectivity index (χ4n) is 2.59. The molecule has 1 saturated heterocycles. The lowest BCUT2D eigenvalue weighted by Crippen LogP contribution is -2.44. The van der Waals surface area contributed by atoms with E-state index in [1.807, 2.05) is 6.92 Å². The Morgan fingerprint density at radius 1 is 1.29 bits per heavy atom. The number of hydrogen-bond donors (Lipinski definition) is 2. The molecular weight excluding hydrogens is 268 g/mol. The average molecular weight is 290 g/mol. The highest BCUT2D eigenvalue weighted by molar-refractivity contribution is 6.00. The first kappa shape index (κ1) is 15.4. The lowest BCUT2D eigenvalue weighted by molar-refractivity contribution is 0.0698. The summed E-state index contributed by atoms with van der Waals surface area (Å²) in [5, 5.41) is 12.0. The largest absolute Gasteiger partial charge is 0.478 e. The molecule has 0 aliphatic carbocycles. The Morgan fingerprint density at radius 2 is 2.00 bits per heavy atom. The van der Waals surface area contributed by atoms with Crippen LogP contribution < -0.4 is 5.32 Å². The van der Waals surface area contributed by atoms with Crippen molar-refractivity contribution < 1.29 is 14.7 Å². The highest BCUT2D eigenvalue weighted by Gasteiger charge is 2.26. The molecule has 2 amide bonds. The molecule has 1 aliphatic heterocycles. The third kappa shape index (κ3) is 3.54. The van der Waals surface area contributed by atoms with Gasteiger partial charge in [0.15, 0.2) is 0 Å². The summed E-state index contributed by atoms with van der Waals surface area (Å²) in [5.41, 5.74) is 1.33. The van der Waals surface area contributed by atoms with Crippen LogP contribution >= 0.6 is 0 Å². The van der Waals surface area contributed by atoms with E-state index in [1.54, 1.807) is 23.1 Å². The zero-order chi connectivity index (χ0) is 15.6. The summed E-state index contributed by atoms with van der Waals surface area (Å²) in [7, 11) is 0. The van der Waals surface area contributed by atoms with E-state index in [4.69, 9.17) is 0 Å². The Kier molecular flexibility index (Phi) is 4.50. The van der Waals surface area contributed by atoms with Crippen molar-refractivity contribution >= 4 is 17.7 Å². The Labute approximate surface area is 125 Å². The quantitative estimate of drug-likeness (QED) is 0.878. The molecule has 0 saturated carbocycles. The van der Waals surface area contributed by atoms with Gasteiger partial charge in [0.1, 0.15) is 0 Å². The van der Waals surface area contributed by atoms with Gasteiger partial charge in [-0.05, 0) is 37.3 Å². The maximum atomic E-state index is 12.3. The summed E-state index contributed by atoms with van der Waals surface area (Å²) in [4.78, 5) is 25.3. The minimum atomic E-state index is -1.03. The van der Waals surface area contributed by atoms with Crippen LogP contribution in [0.25, 0.3) is 0 Å². The number of hydrogen-bond acceptors (Lipinski definition) is 2. The van der Waals surface area contributed by atoms with Crippen LogP contribution in [-0.2, 0) is 0 Å². The number of carboxylic acid groups (broad SMARTS) is 1. The molecular formula is C16H22N2O3. The molecule has 0 spiro atoms. The number of nitrogens with zero attached hydrogens (tertiary/aromatic N) is 1. The fraction of sp³-hybridized carbons (Fsp3) is 0.500. The van der Waals surface area contributed by atoms with Crippen LogP contribution in [0.1, 0.15) is 36.2 Å². The Balaban J connectivity index is 2.11. The van der Waals surface area contributed by atoms with Crippen LogP contribution in [0.5, 0.6) is 0 Å². The first-order valence-corrected chi connectivity index (χ1v) is 7.28. The zero-order valence-electron chi connectivity index (χ0n) is 12.7. The molecule has 5 heteroatoms. The predicted molar refractivity (Wildman–Crippen MR) is 81.7 cm³/mol. The van der Waals surface area contributed by atoms with Crippen LogP contribution in [0.15, 0.2) is 18.2 Å². The van der Waals surface area contributed by atoms with Crippen LogP contribution in [0, 0.1) is 18.8 Å². The lowest BCUT2D eigenvalue weighted by atomic mass is 9.89. The van der Waals surface area contributed by atoms with E-state index in [0.29, 0.717) is 30.6 Å². The van der Waals surface area contributed by atoms with Crippen molar-refractivity contribution in [3.05, 3.63) is 29.3 Å². The number of rotatable bonds is 2. The molecule has 114 valence electrons. The summed E-state index contributed by atoms with van der Waals surface area (Å²) >= 11 is 0. The second-order valence-electron chi connectivity index (χ2n) is 5.97. The number of aryl methyl sites for hydroxylation is 1. The number of carboxylic acids is 1. The van der Waals surface area contributed by atoms with Crippen molar-refractivity contribution in [3.8, 4) is 0 Å². The van der Waals surface area contributed by atoms with Gasteiger partial charge in [0, 0.05) is 13.1 Å². The molecule has 1 fully saturated rings. The van der Waals surface area contributed by atoms with Gasteiger partial charge in [0.05, 0.1) is 11.3 Å². The van der Waals surface area contributed by atoms with E-state index in [0.717, 1.165) is 12.0 Å². The molecule has 2 unspecified atom stereocenters. The maximum absolute atomic E-state index is 12.3. The van der Waals surface area contributed by atoms with Crippen LogP contribution in [-0.4, -0.2) is 35.1 Å².